The third kappa shape index (κ3) is 7.58. The van der Waals surface area contributed by atoms with Crippen molar-refractivity contribution in [1.29, 1.82) is 0 Å². The van der Waals surface area contributed by atoms with Gasteiger partial charge in [0.05, 0.1) is 48.2 Å². The van der Waals surface area contributed by atoms with Crippen molar-refractivity contribution < 1.29 is 83.3 Å². The average Bonchev–Trinajstić information content (AvgIpc) is 3.84. The monoisotopic (exact) mass is 832 g/mol. The molecule has 4 aliphatic rings. The molecule has 0 aliphatic carbocycles. The van der Waals surface area contributed by atoms with Gasteiger partial charge in [0, 0.05) is 53.3 Å². The molecular formula is C35H37N8NaO11S2. The Morgan fingerprint density at radius 3 is 2.49 bits per heavy atom. The number of amides is 3. The Hall–Kier alpha value is -4.67. The predicted octanol–water partition coefficient (Wildman–Crippen LogP) is -4.94. The molecule has 57 heavy (non-hydrogen) atoms. The van der Waals surface area contributed by atoms with Gasteiger partial charge in [0.2, 0.25) is 5.43 Å². The minimum Gasteiger partial charge on any atom is -0.546 e. The first-order valence-corrected chi connectivity index (χ1v) is 19.3. The standard InChI is InChI=1S/C35H38N8O11S2.Na/c1-15-18(11-43-6-4-35(14-43,5-7-43)13-38-27(47)17-10-37-19-9-22(45)21(44)8-16(19)26(17)46)25(31(50)51)42-29(49)24(30(42)56-15)40-28(48)23(20-12-55-33(36)39-20)41-54-34(2,3)32(52)53;/h8-10,12,15,24,30H,4-7,11,13-14H2,1-3H3,(H8-,36,37,38,39,40,41,44,45,46,47,48,50,51,52,53);/q;+1/p-1/t15-,24+,30+,35?,43?;/m0./s1. The van der Waals surface area contributed by atoms with Crippen LogP contribution in [0.5, 0.6) is 11.5 Å². The van der Waals surface area contributed by atoms with Crippen LogP contribution in [0.3, 0.4) is 0 Å². The van der Waals surface area contributed by atoms with E-state index < -0.39 is 74.6 Å². The fraction of sp³-hybridized carbons (Fsp3) is 0.429. The minimum absolute atomic E-state index is 0. The molecule has 2 aromatic heterocycles. The van der Waals surface area contributed by atoms with Crippen molar-refractivity contribution in [2.45, 2.75) is 55.9 Å². The molecule has 3 atom stereocenters. The number of hydrogen-bond donors (Lipinski definition) is 6. The number of fused-ring (bicyclic) bond motifs is 4. The van der Waals surface area contributed by atoms with Gasteiger partial charge in [0.25, 0.3) is 17.7 Å². The number of nitrogens with two attached hydrogens (primary N) is 1. The van der Waals surface area contributed by atoms with Crippen molar-refractivity contribution in [2.75, 3.05) is 38.5 Å². The van der Waals surface area contributed by atoms with Crippen LogP contribution in [-0.4, -0.2) is 120 Å². The number of aromatic nitrogens is 2. The molecule has 19 nitrogen and oxygen atoms in total. The van der Waals surface area contributed by atoms with Gasteiger partial charge in [-0.15, -0.1) is 23.1 Å². The molecule has 22 heteroatoms. The fourth-order valence-corrected chi connectivity index (χ4v) is 9.84. The maximum Gasteiger partial charge on any atom is 1.00 e. The van der Waals surface area contributed by atoms with E-state index in [0.29, 0.717) is 36.2 Å². The van der Waals surface area contributed by atoms with Crippen LogP contribution in [0.4, 0.5) is 5.13 Å². The number of hydrogen-bond acceptors (Lipinski definition) is 16. The largest absolute Gasteiger partial charge is 1.00 e. The molecule has 7 rings (SSSR count). The van der Waals surface area contributed by atoms with Gasteiger partial charge in [-0.2, -0.15) is 0 Å². The number of benzene rings is 1. The van der Waals surface area contributed by atoms with Gasteiger partial charge < -0.3 is 60.7 Å². The second-order valence-electron chi connectivity index (χ2n) is 15.1. The number of oxime groups is 1. The van der Waals surface area contributed by atoms with Gasteiger partial charge in [-0.05, 0) is 26.8 Å². The van der Waals surface area contributed by atoms with Gasteiger partial charge in [-0.3, -0.25) is 24.1 Å². The van der Waals surface area contributed by atoms with Crippen LogP contribution in [-0.2, 0) is 24.0 Å². The molecule has 3 aromatic rings. The van der Waals surface area contributed by atoms with Crippen molar-refractivity contribution in [3.8, 4) is 11.5 Å². The van der Waals surface area contributed by atoms with Gasteiger partial charge >= 0.3 is 29.6 Å². The van der Waals surface area contributed by atoms with Gasteiger partial charge in [0.15, 0.2) is 27.9 Å². The normalized spacial score (nSPS) is 25.4. The number of β-lactam (4-membered cyclic amide) rings is 1. The number of quaternary nitrogens is 1. The summed E-state index contributed by atoms with van der Waals surface area (Å²) in [6, 6.07) is 1.12. The summed E-state index contributed by atoms with van der Waals surface area (Å²) >= 11 is 2.29. The first kappa shape index (κ1) is 41.9. The number of H-pyrrole nitrogens is 1. The maximum atomic E-state index is 13.6. The summed E-state index contributed by atoms with van der Waals surface area (Å²) in [5.41, 5.74) is 2.77. The first-order chi connectivity index (χ1) is 26.3. The quantitative estimate of drug-likeness (QED) is 0.0249. The molecule has 2 bridgehead atoms. The maximum absolute atomic E-state index is 13.6. The Morgan fingerprint density at radius 2 is 1.86 bits per heavy atom. The number of piperidine rings is 1. The van der Waals surface area contributed by atoms with Crippen LogP contribution >= 0.6 is 23.1 Å². The summed E-state index contributed by atoms with van der Waals surface area (Å²) in [5.74, 6) is -6.25. The SMILES string of the molecule is C[C@@H]1S[C@@H]2[C@H](NC(=O)/C(=N\OC(C)(C)C(=O)[O-])c3csc(N)n3)C(=O)N2C(C(=O)[O-])=C1C[N+]12CCC(CNC(=O)c3c[nH]c4cc(O)c(O)cc4c3=O)(CC1)C2.[Na+]. The molecule has 1 aromatic carbocycles. The van der Waals surface area contributed by atoms with E-state index in [4.69, 9.17) is 10.6 Å². The second kappa shape index (κ2) is 15.3. The van der Waals surface area contributed by atoms with Gasteiger partial charge in [-0.1, -0.05) is 5.16 Å². The Balaban J connectivity index is 0.00000549. The Morgan fingerprint density at radius 1 is 1.18 bits per heavy atom. The number of nitrogens with zero attached hydrogens (tertiary/aromatic N) is 4. The Bertz CT molecular complexity index is 2340. The molecule has 7 N–H and O–H groups in total. The zero-order chi connectivity index (χ0) is 40.5. The number of aromatic hydroxyl groups is 2. The van der Waals surface area contributed by atoms with E-state index in [-0.39, 0.29) is 74.5 Å². The number of carbonyl (C=O) groups is 5. The molecule has 0 saturated carbocycles. The number of phenols is 2. The minimum atomic E-state index is -1.92. The molecule has 3 amide bonds. The Labute approximate surface area is 354 Å². The summed E-state index contributed by atoms with van der Waals surface area (Å²) < 4.78 is 0.526. The number of pyridine rings is 1. The van der Waals surface area contributed by atoms with Crippen LogP contribution in [0.1, 0.15) is 49.7 Å². The molecule has 3 fully saturated rings. The van der Waals surface area contributed by atoms with Crippen molar-refractivity contribution >= 4 is 74.5 Å². The molecule has 0 unspecified atom stereocenters. The molecular weight excluding hydrogens is 796 g/mol. The topological polar surface area (TPSA) is 293 Å². The number of nitrogen functional groups attached to an aromatic ring is 1. The molecule has 3 saturated heterocycles. The second-order valence-corrected chi connectivity index (χ2v) is 17.4. The van der Waals surface area contributed by atoms with Crippen molar-refractivity contribution in [3.63, 3.8) is 0 Å². The van der Waals surface area contributed by atoms with E-state index in [0.717, 1.165) is 35.1 Å². The number of thioether (sulfide) groups is 1. The molecule has 296 valence electrons. The van der Waals surface area contributed by atoms with Crippen LogP contribution in [0.2, 0.25) is 0 Å². The van der Waals surface area contributed by atoms with Crippen LogP contribution in [0, 0.1) is 5.41 Å². The number of aromatic amines is 1. The summed E-state index contributed by atoms with van der Waals surface area (Å²) in [4.78, 5) is 90.6. The number of carboxylic acids is 2. The number of thiazole rings is 1. The molecule has 4 aliphatic heterocycles. The van der Waals surface area contributed by atoms with Crippen molar-refractivity contribution in [1.82, 2.24) is 25.5 Å². The summed E-state index contributed by atoms with van der Waals surface area (Å²) in [6.45, 7) is 6.73. The fourth-order valence-electron chi connectivity index (χ4n) is 7.85. The number of phenolic OH excluding ortho intramolecular Hbond substituents is 2. The number of carbonyl (C=O) groups excluding carboxylic acids is 5. The number of nitrogens with one attached hydrogen (secondary N) is 3. The summed E-state index contributed by atoms with van der Waals surface area (Å²) in [6.07, 6.45) is 2.71. The van der Waals surface area contributed by atoms with E-state index >= 15 is 0 Å². The van der Waals surface area contributed by atoms with E-state index in [1.807, 2.05) is 6.92 Å². The predicted molar refractivity (Wildman–Crippen MR) is 197 cm³/mol. The van der Waals surface area contributed by atoms with Gasteiger partial charge in [-0.25, -0.2) is 4.98 Å². The number of anilines is 1. The third-order valence-corrected chi connectivity index (χ3v) is 13.1. The number of aliphatic carboxylic acids is 2. The molecule has 6 heterocycles. The van der Waals surface area contributed by atoms with E-state index in [1.54, 1.807) is 0 Å². The Kier molecular flexibility index (Phi) is 11.2. The smallest absolute Gasteiger partial charge is 0.546 e. The number of carboxylic acid groups (broad SMARTS) is 2. The van der Waals surface area contributed by atoms with Crippen molar-refractivity contribution in [2.24, 2.45) is 10.6 Å². The van der Waals surface area contributed by atoms with E-state index in [9.17, 15) is 49.2 Å². The van der Waals surface area contributed by atoms with E-state index in [1.165, 1.54) is 43.3 Å². The number of rotatable bonds is 12. The van der Waals surface area contributed by atoms with Crippen LogP contribution in [0.15, 0.2) is 44.9 Å². The van der Waals surface area contributed by atoms with Crippen LogP contribution < -0.4 is 61.6 Å². The van der Waals surface area contributed by atoms with Crippen molar-refractivity contribution in [3.05, 3.63) is 56.5 Å². The molecule has 0 radical (unpaired) electrons. The average molecular weight is 833 g/mol. The first-order valence-electron chi connectivity index (χ1n) is 17.5. The zero-order valence-electron chi connectivity index (χ0n) is 31.2. The summed E-state index contributed by atoms with van der Waals surface area (Å²) in [5, 5.41) is 53.3. The van der Waals surface area contributed by atoms with Gasteiger partial charge in [0.1, 0.15) is 29.2 Å². The summed E-state index contributed by atoms with van der Waals surface area (Å²) in [7, 11) is 0. The molecule has 0 spiro atoms. The van der Waals surface area contributed by atoms with E-state index in [2.05, 4.69) is 25.8 Å². The third-order valence-electron chi connectivity index (χ3n) is 11.0. The van der Waals surface area contributed by atoms with Crippen LogP contribution in [0.25, 0.3) is 10.9 Å². The zero-order valence-corrected chi connectivity index (χ0v) is 34.9.